The van der Waals surface area contributed by atoms with Crippen molar-refractivity contribution in [2.75, 3.05) is 7.11 Å². The van der Waals surface area contributed by atoms with E-state index in [-0.39, 0.29) is 11.5 Å². The van der Waals surface area contributed by atoms with Crippen LogP contribution in [0.1, 0.15) is 15.9 Å². The van der Waals surface area contributed by atoms with E-state index >= 15 is 0 Å². The Morgan fingerprint density at radius 2 is 2.27 bits per heavy atom. The highest BCUT2D eigenvalue weighted by atomic mass is 79.9. The molecule has 0 heterocycles. The molecular formula is C10H8BrNO3. The van der Waals surface area contributed by atoms with E-state index in [9.17, 15) is 4.79 Å². The van der Waals surface area contributed by atoms with Crippen molar-refractivity contribution in [3.8, 4) is 5.75 Å². The van der Waals surface area contributed by atoms with Crippen molar-refractivity contribution in [2.24, 2.45) is 5.16 Å². The van der Waals surface area contributed by atoms with Crippen LogP contribution in [0, 0.1) is 0 Å². The molecule has 1 N–H and O–H groups in total. The molecule has 5 heteroatoms. The third-order valence-electron chi connectivity index (χ3n) is 2.36. The number of ether oxygens (including phenoxy) is 1. The number of rotatable bonds is 1. The topological polar surface area (TPSA) is 58.9 Å². The Kier molecular flexibility index (Phi) is 2.48. The Morgan fingerprint density at radius 1 is 1.53 bits per heavy atom. The summed E-state index contributed by atoms with van der Waals surface area (Å²) < 4.78 is 5.83. The Balaban J connectivity index is 2.56. The molecule has 0 saturated heterocycles. The van der Waals surface area contributed by atoms with E-state index in [0.717, 1.165) is 10.0 Å². The molecule has 1 aromatic rings. The number of carbonyl (C=O) groups is 1. The summed E-state index contributed by atoms with van der Waals surface area (Å²) in [5, 5.41) is 11.6. The fourth-order valence-electron chi connectivity index (χ4n) is 1.61. The van der Waals surface area contributed by atoms with Gasteiger partial charge in [0.15, 0.2) is 0 Å². The lowest BCUT2D eigenvalue weighted by Crippen LogP contribution is -2.06. The van der Waals surface area contributed by atoms with Gasteiger partial charge >= 0.3 is 0 Å². The highest BCUT2D eigenvalue weighted by Gasteiger charge is 2.28. The van der Waals surface area contributed by atoms with Crippen molar-refractivity contribution in [3.05, 3.63) is 27.7 Å². The normalized spacial score (nSPS) is 16.9. The van der Waals surface area contributed by atoms with Crippen molar-refractivity contribution in [3.63, 3.8) is 0 Å². The van der Waals surface area contributed by atoms with Gasteiger partial charge in [-0.15, -0.1) is 0 Å². The van der Waals surface area contributed by atoms with Gasteiger partial charge in [-0.2, -0.15) is 0 Å². The predicted octanol–water partition coefficient (Wildman–Crippen LogP) is 2.03. The van der Waals surface area contributed by atoms with Crippen molar-refractivity contribution in [2.45, 2.75) is 6.42 Å². The lowest BCUT2D eigenvalue weighted by Gasteiger charge is -2.05. The maximum atomic E-state index is 11.6. The van der Waals surface area contributed by atoms with E-state index in [1.165, 1.54) is 0 Å². The summed E-state index contributed by atoms with van der Waals surface area (Å²) in [7, 11) is 1.56. The SMILES string of the molecule is COc1cc2c(cc1Br)C(=O)/C(=N/O)C2. The molecule has 1 aliphatic carbocycles. The molecule has 0 saturated carbocycles. The van der Waals surface area contributed by atoms with Gasteiger partial charge in [0.05, 0.1) is 11.6 Å². The minimum absolute atomic E-state index is 0.171. The predicted molar refractivity (Wildman–Crippen MR) is 58.0 cm³/mol. The lowest BCUT2D eigenvalue weighted by molar-refractivity contribution is 0.106. The molecule has 0 spiro atoms. The van der Waals surface area contributed by atoms with Crippen LogP contribution >= 0.6 is 15.9 Å². The molecule has 78 valence electrons. The quantitative estimate of drug-likeness (QED) is 0.627. The molecule has 0 aromatic heterocycles. The van der Waals surface area contributed by atoms with Gasteiger partial charge < -0.3 is 9.94 Å². The molecular weight excluding hydrogens is 262 g/mol. The summed E-state index contributed by atoms with van der Waals surface area (Å²) in [6.07, 6.45) is 0.355. The summed E-state index contributed by atoms with van der Waals surface area (Å²) in [5.74, 6) is 0.441. The third kappa shape index (κ3) is 1.52. The van der Waals surface area contributed by atoms with Crippen molar-refractivity contribution < 1.29 is 14.7 Å². The van der Waals surface area contributed by atoms with Gasteiger partial charge in [-0.3, -0.25) is 4.79 Å². The smallest absolute Gasteiger partial charge is 0.211 e. The number of methoxy groups -OCH3 is 1. The fourth-order valence-corrected chi connectivity index (χ4v) is 2.11. The zero-order valence-electron chi connectivity index (χ0n) is 7.95. The van der Waals surface area contributed by atoms with Crippen LogP contribution in [0.15, 0.2) is 21.8 Å². The fraction of sp³-hybridized carbons (Fsp3) is 0.200. The summed E-state index contributed by atoms with van der Waals surface area (Å²) in [6.45, 7) is 0. The van der Waals surface area contributed by atoms with Gasteiger partial charge in [0, 0.05) is 12.0 Å². The van der Waals surface area contributed by atoms with Crippen LogP contribution in [0.3, 0.4) is 0 Å². The number of hydrogen-bond acceptors (Lipinski definition) is 4. The van der Waals surface area contributed by atoms with E-state index in [1.807, 2.05) is 0 Å². The van der Waals surface area contributed by atoms with Gasteiger partial charge in [-0.25, -0.2) is 0 Å². The lowest BCUT2D eigenvalue weighted by atomic mass is 10.1. The van der Waals surface area contributed by atoms with Crippen LogP contribution in [0.2, 0.25) is 0 Å². The molecule has 15 heavy (non-hydrogen) atoms. The molecule has 0 radical (unpaired) electrons. The zero-order chi connectivity index (χ0) is 11.0. The molecule has 4 nitrogen and oxygen atoms in total. The van der Waals surface area contributed by atoms with Crippen LogP contribution in [-0.2, 0) is 6.42 Å². The van der Waals surface area contributed by atoms with Crippen molar-refractivity contribution in [1.82, 2.24) is 0 Å². The molecule has 1 aromatic carbocycles. The minimum Gasteiger partial charge on any atom is -0.496 e. The maximum absolute atomic E-state index is 11.6. The second-order valence-electron chi connectivity index (χ2n) is 3.20. The largest absolute Gasteiger partial charge is 0.496 e. The number of nitrogens with zero attached hydrogens (tertiary/aromatic N) is 1. The Morgan fingerprint density at radius 3 is 2.87 bits per heavy atom. The molecule has 0 atom stereocenters. The minimum atomic E-state index is -0.226. The van der Waals surface area contributed by atoms with Crippen molar-refractivity contribution >= 4 is 27.4 Å². The summed E-state index contributed by atoms with van der Waals surface area (Å²) >= 11 is 3.30. The van der Waals surface area contributed by atoms with E-state index < -0.39 is 0 Å². The number of carbonyl (C=O) groups excluding carboxylic acids is 1. The van der Waals surface area contributed by atoms with E-state index in [0.29, 0.717) is 17.7 Å². The molecule has 0 aliphatic heterocycles. The number of halogens is 1. The Bertz CT molecular complexity index is 468. The highest BCUT2D eigenvalue weighted by Crippen LogP contribution is 2.32. The average molecular weight is 270 g/mol. The Hall–Kier alpha value is -1.36. The number of hydrogen-bond donors (Lipinski definition) is 1. The molecule has 0 unspecified atom stereocenters. The molecule has 2 rings (SSSR count). The van der Waals surface area contributed by atoms with Crippen molar-refractivity contribution in [1.29, 1.82) is 0 Å². The standard InChI is InChI=1S/C10H8BrNO3/c1-15-9-3-5-2-8(12-14)10(13)6(5)4-7(9)11/h3-4,14H,2H2,1H3/b12-8+. The highest BCUT2D eigenvalue weighted by molar-refractivity contribution is 9.10. The summed E-state index contributed by atoms with van der Waals surface area (Å²) in [6, 6.07) is 3.46. The van der Waals surface area contributed by atoms with Crippen LogP contribution < -0.4 is 4.74 Å². The molecule has 0 fully saturated rings. The van der Waals surface area contributed by atoms with E-state index in [1.54, 1.807) is 19.2 Å². The first kappa shape index (κ1) is 10.2. The van der Waals surface area contributed by atoms with Gasteiger partial charge in [0.2, 0.25) is 5.78 Å². The molecule has 0 bridgehead atoms. The first-order chi connectivity index (χ1) is 7.17. The monoisotopic (exact) mass is 269 g/mol. The van der Waals surface area contributed by atoms with E-state index in [4.69, 9.17) is 9.94 Å². The Labute approximate surface area is 94.7 Å². The van der Waals surface area contributed by atoms with Crippen LogP contribution in [0.4, 0.5) is 0 Å². The van der Waals surface area contributed by atoms with Crippen LogP contribution in [0.25, 0.3) is 0 Å². The number of benzene rings is 1. The molecule has 0 amide bonds. The number of oxime groups is 1. The second-order valence-corrected chi connectivity index (χ2v) is 4.05. The summed E-state index contributed by atoms with van der Waals surface area (Å²) in [4.78, 5) is 11.6. The van der Waals surface area contributed by atoms with E-state index in [2.05, 4.69) is 21.1 Å². The number of Topliss-reactive ketones (excluding diaryl/α,β-unsaturated/α-hetero) is 1. The number of fused-ring (bicyclic) bond motifs is 1. The first-order valence-electron chi connectivity index (χ1n) is 4.29. The van der Waals surface area contributed by atoms with Crippen LogP contribution in [0.5, 0.6) is 5.75 Å². The third-order valence-corrected chi connectivity index (χ3v) is 2.98. The number of ketones is 1. The van der Waals surface area contributed by atoms with Gasteiger partial charge in [0.1, 0.15) is 11.5 Å². The second kappa shape index (κ2) is 3.66. The van der Waals surface area contributed by atoms with Gasteiger partial charge in [-0.05, 0) is 33.6 Å². The average Bonchev–Trinajstić information content (AvgIpc) is 2.54. The van der Waals surface area contributed by atoms with Gasteiger partial charge in [-0.1, -0.05) is 5.16 Å². The first-order valence-corrected chi connectivity index (χ1v) is 5.08. The van der Waals surface area contributed by atoms with Gasteiger partial charge in [0.25, 0.3) is 0 Å². The molecule has 1 aliphatic rings. The van der Waals surface area contributed by atoms with Crippen LogP contribution in [-0.4, -0.2) is 23.8 Å². The zero-order valence-corrected chi connectivity index (χ0v) is 9.54. The summed E-state index contributed by atoms with van der Waals surface area (Å²) in [5.41, 5.74) is 1.56. The maximum Gasteiger partial charge on any atom is 0.211 e.